The molecule has 0 fully saturated rings. The summed E-state index contributed by atoms with van der Waals surface area (Å²) in [5.41, 5.74) is 1.81. The average molecular weight is 280 g/mol. The van der Waals surface area contributed by atoms with Crippen LogP contribution in [-0.2, 0) is 11.3 Å². The van der Waals surface area contributed by atoms with Gasteiger partial charge in [-0.05, 0) is 53.4 Å². The molecule has 0 bridgehead atoms. The van der Waals surface area contributed by atoms with Crippen LogP contribution >= 0.6 is 0 Å². The molecule has 0 saturated carbocycles. The zero-order chi connectivity index (χ0) is 15.3. The molecule has 0 atom stereocenters. The normalized spacial score (nSPS) is 10.9. The van der Waals surface area contributed by atoms with Gasteiger partial charge in [0, 0.05) is 18.3 Å². The van der Waals surface area contributed by atoms with E-state index in [1.807, 2.05) is 14.1 Å². The van der Waals surface area contributed by atoms with E-state index < -0.39 is 0 Å². The Labute approximate surface area is 120 Å². The zero-order valence-corrected chi connectivity index (χ0v) is 13.0. The van der Waals surface area contributed by atoms with Gasteiger partial charge in [0.05, 0.1) is 12.2 Å². The second kappa shape index (κ2) is 7.24. The highest BCUT2D eigenvalue weighted by molar-refractivity contribution is 5.92. The number of hydrogen-bond acceptors (Lipinski definition) is 4. The minimum atomic E-state index is -0.358. The Kier molecular flexibility index (Phi) is 5.95. The van der Waals surface area contributed by atoms with Crippen molar-refractivity contribution in [2.75, 3.05) is 27.2 Å². The van der Waals surface area contributed by atoms with Crippen LogP contribution in [0.2, 0.25) is 0 Å². The van der Waals surface area contributed by atoms with Gasteiger partial charge in [-0.1, -0.05) is 0 Å². The van der Waals surface area contributed by atoms with Crippen LogP contribution in [0.25, 0.3) is 0 Å². The molecule has 1 rings (SSSR count). The molecule has 0 aliphatic heterocycles. The van der Waals surface area contributed by atoms with E-state index in [-0.39, 0.29) is 11.5 Å². The standard InChI is InChI=1S/C15H24N2O3/c1-6-20-15(19)14-11(2)10-13(18)17(12(14)3)9-7-8-16(4)5/h10H,6-9H2,1-5H3. The van der Waals surface area contributed by atoms with Gasteiger partial charge < -0.3 is 14.2 Å². The number of aromatic nitrogens is 1. The monoisotopic (exact) mass is 280 g/mol. The Morgan fingerprint density at radius 3 is 2.55 bits per heavy atom. The van der Waals surface area contributed by atoms with E-state index in [1.54, 1.807) is 25.3 Å². The van der Waals surface area contributed by atoms with Crippen molar-refractivity contribution in [2.24, 2.45) is 0 Å². The molecule has 1 aromatic rings. The van der Waals surface area contributed by atoms with Gasteiger partial charge in [-0.15, -0.1) is 0 Å². The summed E-state index contributed by atoms with van der Waals surface area (Å²) in [6, 6.07) is 1.51. The molecule has 0 radical (unpaired) electrons. The topological polar surface area (TPSA) is 51.5 Å². The largest absolute Gasteiger partial charge is 0.462 e. The molecule has 1 aromatic heterocycles. The smallest absolute Gasteiger partial charge is 0.340 e. The van der Waals surface area contributed by atoms with Crippen molar-refractivity contribution >= 4 is 5.97 Å². The molecule has 0 spiro atoms. The van der Waals surface area contributed by atoms with Crippen LogP contribution in [0, 0.1) is 13.8 Å². The molecule has 0 aliphatic rings. The quantitative estimate of drug-likeness (QED) is 0.743. The predicted molar refractivity (Wildman–Crippen MR) is 79.3 cm³/mol. The fraction of sp³-hybridized carbons (Fsp3) is 0.600. The van der Waals surface area contributed by atoms with Crippen LogP contribution in [0.3, 0.4) is 0 Å². The Morgan fingerprint density at radius 1 is 1.35 bits per heavy atom. The van der Waals surface area contributed by atoms with Crippen molar-refractivity contribution in [3.05, 3.63) is 33.2 Å². The fourth-order valence-corrected chi connectivity index (χ4v) is 2.26. The molecule has 5 heteroatoms. The number of ether oxygens (including phenoxy) is 1. The number of carbonyl (C=O) groups is 1. The highest BCUT2D eigenvalue weighted by atomic mass is 16.5. The second-order valence-electron chi connectivity index (χ2n) is 5.15. The van der Waals surface area contributed by atoms with Crippen molar-refractivity contribution in [1.82, 2.24) is 9.47 Å². The maximum atomic E-state index is 12.1. The minimum absolute atomic E-state index is 0.0631. The van der Waals surface area contributed by atoms with Gasteiger partial charge in [0.2, 0.25) is 0 Å². The molecule has 0 N–H and O–H groups in total. The average Bonchev–Trinajstić information content (AvgIpc) is 2.33. The Balaban J connectivity index is 3.09. The molecule has 1 heterocycles. The summed E-state index contributed by atoms with van der Waals surface area (Å²) >= 11 is 0. The third kappa shape index (κ3) is 3.93. The van der Waals surface area contributed by atoms with Crippen LogP contribution in [-0.4, -0.2) is 42.7 Å². The van der Waals surface area contributed by atoms with E-state index in [4.69, 9.17) is 4.74 Å². The van der Waals surface area contributed by atoms with Gasteiger partial charge in [0.25, 0.3) is 5.56 Å². The predicted octanol–water partition coefficient (Wildman–Crippen LogP) is 1.59. The molecule has 20 heavy (non-hydrogen) atoms. The Morgan fingerprint density at radius 2 is 2.00 bits per heavy atom. The van der Waals surface area contributed by atoms with Crippen LogP contribution in [0.15, 0.2) is 10.9 Å². The van der Waals surface area contributed by atoms with Crippen LogP contribution in [0.5, 0.6) is 0 Å². The number of esters is 1. The molecule has 0 aromatic carbocycles. The summed E-state index contributed by atoms with van der Waals surface area (Å²) in [4.78, 5) is 26.1. The van der Waals surface area contributed by atoms with Crippen molar-refractivity contribution in [3.63, 3.8) is 0 Å². The van der Waals surface area contributed by atoms with E-state index in [9.17, 15) is 9.59 Å². The van der Waals surface area contributed by atoms with E-state index >= 15 is 0 Å². The van der Waals surface area contributed by atoms with Crippen molar-refractivity contribution in [1.29, 1.82) is 0 Å². The van der Waals surface area contributed by atoms with Gasteiger partial charge >= 0.3 is 5.97 Å². The first-order valence-corrected chi connectivity index (χ1v) is 6.91. The third-order valence-electron chi connectivity index (χ3n) is 3.23. The number of aryl methyl sites for hydroxylation is 1. The maximum absolute atomic E-state index is 12.1. The molecule has 5 nitrogen and oxygen atoms in total. The highest BCUT2D eigenvalue weighted by Gasteiger charge is 2.17. The first kappa shape index (κ1) is 16.4. The van der Waals surface area contributed by atoms with Crippen LogP contribution in [0.4, 0.5) is 0 Å². The summed E-state index contributed by atoms with van der Waals surface area (Å²) in [5, 5.41) is 0. The SMILES string of the molecule is CCOC(=O)c1c(C)cc(=O)n(CCCN(C)C)c1C. The number of nitrogens with zero attached hydrogens (tertiary/aromatic N) is 2. The highest BCUT2D eigenvalue weighted by Crippen LogP contribution is 2.13. The summed E-state index contributed by atoms with van der Waals surface area (Å²) in [6.07, 6.45) is 0.860. The van der Waals surface area contributed by atoms with Gasteiger partial charge in [-0.2, -0.15) is 0 Å². The summed E-state index contributed by atoms with van der Waals surface area (Å²) in [6.45, 7) is 7.18. The first-order chi connectivity index (χ1) is 9.38. The molecule has 0 amide bonds. The van der Waals surface area contributed by atoms with Gasteiger partial charge in [0.15, 0.2) is 0 Å². The number of rotatable bonds is 6. The van der Waals surface area contributed by atoms with Gasteiger partial charge in [-0.25, -0.2) is 4.79 Å². The second-order valence-corrected chi connectivity index (χ2v) is 5.15. The molecule has 0 unspecified atom stereocenters. The number of carbonyl (C=O) groups excluding carboxylic acids is 1. The Bertz CT molecular complexity index is 533. The summed E-state index contributed by atoms with van der Waals surface area (Å²) in [7, 11) is 3.99. The van der Waals surface area contributed by atoms with Crippen molar-refractivity contribution in [2.45, 2.75) is 33.7 Å². The summed E-state index contributed by atoms with van der Waals surface area (Å²) < 4.78 is 6.72. The van der Waals surface area contributed by atoms with E-state index in [2.05, 4.69) is 4.90 Å². The molecular weight excluding hydrogens is 256 g/mol. The number of pyridine rings is 1. The molecule has 0 aliphatic carbocycles. The lowest BCUT2D eigenvalue weighted by atomic mass is 10.1. The minimum Gasteiger partial charge on any atom is -0.462 e. The Hall–Kier alpha value is -1.62. The van der Waals surface area contributed by atoms with Crippen LogP contribution in [0.1, 0.15) is 35.0 Å². The van der Waals surface area contributed by atoms with Gasteiger partial charge in [0.1, 0.15) is 0 Å². The van der Waals surface area contributed by atoms with Crippen LogP contribution < -0.4 is 5.56 Å². The maximum Gasteiger partial charge on any atom is 0.340 e. The number of hydrogen-bond donors (Lipinski definition) is 0. The first-order valence-electron chi connectivity index (χ1n) is 6.91. The lowest BCUT2D eigenvalue weighted by Crippen LogP contribution is -2.27. The lowest BCUT2D eigenvalue weighted by Gasteiger charge is -2.16. The molecular formula is C15H24N2O3. The van der Waals surface area contributed by atoms with E-state index in [0.29, 0.717) is 30.0 Å². The van der Waals surface area contributed by atoms with E-state index in [1.165, 1.54) is 6.07 Å². The van der Waals surface area contributed by atoms with Gasteiger partial charge in [-0.3, -0.25) is 4.79 Å². The molecule has 112 valence electrons. The summed E-state index contributed by atoms with van der Waals surface area (Å²) in [5.74, 6) is -0.358. The van der Waals surface area contributed by atoms with Crippen molar-refractivity contribution in [3.8, 4) is 0 Å². The van der Waals surface area contributed by atoms with E-state index in [0.717, 1.165) is 13.0 Å². The third-order valence-corrected chi connectivity index (χ3v) is 3.23. The fourth-order valence-electron chi connectivity index (χ4n) is 2.26. The lowest BCUT2D eigenvalue weighted by molar-refractivity contribution is 0.0523. The zero-order valence-electron chi connectivity index (χ0n) is 13.0. The molecule has 0 saturated heterocycles. The van der Waals surface area contributed by atoms with Crippen molar-refractivity contribution < 1.29 is 9.53 Å².